The van der Waals surface area contributed by atoms with Crippen LogP contribution in [0.15, 0.2) is 53.8 Å². The monoisotopic (exact) mass is 398 g/mol. The Hall–Kier alpha value is -2.77. The second kappa shape index (κ2) is 7.46. The summed E-state index contributed by atoms with van der Waals surface area (Å²) in [6.45, 7) is 0. The van der Waals surface area contributed by atoms with Crippen LogP contribution in [0.25, 0.3) is 21.9 Å². The third-order valence-corrected chi connectivity index (χ3v) is 5.23. The summed E-state index contributed by atoms with van der Waals surface area (Å²) >= 11 is 7.29. The molecule has 1 amide bonds. The highest BCUT2D eigenvalue weighted by Gasteiger charge is 2.13. The summed E-state index contributed by atoms with van der Waals surface area (Å²) in [5, 5.41) is 5.08. The van der Waals surface area contributed by atoms with Gasteiger partial charge in [0.15, 0.2) is 0 Å². The van der Waals surface area contributed by atoms with Gasteiger partial charge in [0.25, 0.3) is 0 Å². The Morgan fingerprint density at radius 3 is 2.96 bits per heavy atom. The zero-order valence-corrected chi connectivity index (χ0v) is 15.9. The molecular weight excluding hydrogens is 384 g/mol. The average Bonchev–Trinajstić information content (AvgIpc) is 3.04. The number of aromatic nitrogens is 3. The van der Waals surface area contributed by atoms with E-state index in [2.05, 4.69) is 20.3 Å². The lowest BCUT2D eigenvalue weighted by atomic mass is 10.2. The van der Waals surface area contributed by atoms with E-state index in [0.717, 1.165) is 32.7 Å². The number of halogens is 1. The van der Waals surface area contributed by atoms with Gasteiger partial charge < -0.3 is 15.0 Å². The number of benzene rings is 2. The summed E-state index contributed by atoms with van der Waals surface area (Å²) in [4.78, 5) is 24.3. The topological polar surface area (TPSA) is 79.9 Å². The normalized spacial score (nSPS) is 11.0. The van der Waals surface area contributed by atoms with E-state index in [9.17, 15) is 4.79 Å². The van der Waals surface area contributed by atoms with Crippen molar-refractivity contribution in [2.45, 2.75) is 5.03 Å². The van der Waals surface area contributed by atoms with E-state index in [4.69, 9.17) is 16.3 Å². The van der Waals surface area contributed by atoms with Gasteiger partial charge in [-0.15, -0.1) is 0 Å². The number of aromatic amines is 1. The van der Waals surface area contributed by atoms with Crippen molar-refractivity contribution in [3.63, 3.8) is 0 Å². The molecule has 0 saturated carbocycles. The molecule has 0 atom stereocenters. The molecule has 0 spiro atoms. The van der Waals surface area contributed by atoms with Gasteiger partial charge in [-0.3, -0.25) is 4.79 Å². The molecule has 2 heterocycles. The van der Waals surface area contributed by atoms with Crippen LogP contribution in [0.2, 0.25) is 5.02 Å². The molecule has 2 aromatic heterocycles. The minimum atomic E-state index is -0.133. The maximum absolute atomic E-state index is 12.2. The highest BCUT2D eigenvalue weighted by molar-refractivity contribution is 8.00. The van der Waals surface area contributed by atoms with Crippen molar-refractivity contribution in [3.8, 4) is 5.75 Å². The van der Waals surface area contributed by atoms with E-state index < -0.39 is 0 Å². The smallest absolute Gasteiger partial charge is 0.234 e. The van der Waals surface area contributed by atoms with Gasteiger partial charge in [-0.1, -0.05) is 29.4 Å². The van der Waals surface area contributed by atoms with Gasteiger partial charge >= 0.3 is 0 Å². The number of anilines is 1. The molecule has 0 aliphatic carbocycles. The van der Waals surface area contributed by atoms with Crippen LogP contribution in [0.1, 0.15) is 0 Å². The Morgan fingerprint density at radius 1 is 1.26 bits per heavy atom. The zero-order chi connectivity index (χ0) is 18.8. The molecule has 0 fully saturated rings. The third kappa shape index (κ3) is 3.70. The summed E-state index contributed by atoms with van der Waals surface area (Å²) in [6, 6.07) is 12.8. The summed E-state index contributed by atoms with van der Waals surface area (Å²) < 4.78 is 5.29. The van der Waals surface area contributed by atoms with Crippen LogP contribution >= 0.6 is 23.4 Å². The van der Waals surface area contributed by atoms with Gasteiger partial charge in [-0.05, 0) is 36.4 Å². The molecule has 2 aromatic carbocycles. The van der Waals surface area contributed by atoms with E-state index in [1.54, 1.807) is 31.4 Å². The van der Waals surface area contributed by atoms with Crippen molar-refractivity contribution in [2.75, 3.05) is 18.2 Å². The van der Waals surface area contributed by atoms with Crippen LogP contribution in [-0.4, -0.2) is 33.7 Å². The zero-order valence-electron chi connectivity index (χ0n) is 14.3. The van der Waals surface area contributed by atoms with Crippen LogP contribution in [0.4, 0.5) is 5.69 Å². The molecule has 8 heteroatoms. The van der Waals surface area contributed by atoms with Gasteiger partial charge in [0.05, 0.1) is 18.4 Å². The van der Waals surface area contributed by atoms with E-state index in [1.807, 2.05) is 18.2 Å². The average molecular weight is 399 g/mol. The maximum atomic E-state index is 12.2. The number of carbonyl (C=O) groups is 1. The molecule has 136 valence electrons. The first-order chi connectivity index (χ1) is 13.1. The molecule has 6 nitrogen and oxygen atoms in total. The quantitative estimate of drug-likeness (QED) is 0.382. The van der Waals surface area contributed by atoms with Crippen LogP contribution < -0.4 is 10.1 Å². The Balaban J connectivity index is 1.56. The van der Waals surface area contributed by atoms with Gasteiger partial charge in [0, 0.05) is 21.6 Å². The molecule has 4 aromatic rings. The minimum Gasteiger partial charge on any atom is -0.497 e. The van der Waals surface area contributed by atoms with Crippen molar-refractivity contribution >= 4 is 56.9 Å². The molecule has 27 heavy (non-hydrogen) atoms. The van der Waals surface area contributed by atoms with E-state index >= 15 is 0 Å². The Morgan fingerprint density at radius 2 is 2.15 bits per heavy atom. The van der Waals surface area contributed by atoms with Crippen molar-refractivity contribution < 1.29 is 9.53 Å². The second-order valence-corrected chi connectivity index (χ2v) is 7.19. The molecule has 0 bridgehead atoms. The largest absolute Gasteiger partial charge is 0.497 e. The van der Waals surface area contributed by atoms with E-state index in [0.29, 0.717) is 10.7 Å². The van der Waals surface area contributed by atoms with Crippen LogP contribution in [0.5, 0.6) is 5.75 Å². The number of nitrogens with one attached hydrogen (secondary N) is 2. The van der Waals surface area contributed by atoms with Crippen molar-refractivity contribution in [1.29, 1.82) is 0 Å². The summed E-state index contributed by atoms with van der Waals surface area (Å²) in [6.07, 6.45) is 1.51. The van der Waals surface area contributed by atoms with Gasteiger partial charge in [0.2, 0.25) is 5.91 Å². The fourth-order valence-electron chi connectivity index (χ4n) is 2.78. The highest BCUT2D eigenvalue weighted by atomic mass is 35.5. The summed E-state index contributed by atoms with van der Waals surface area (Å²) in [7, 11) is 1.63. The van der Waals surface area contributed by atoms with Crippen molar-refractivity contribution in [2.24, 2.45) is 0 Å². The van der Waals surface area contributed by atoms with Gasteiger partial charge in [-0.2, -0.15) is 0 Å². The molecular formula is C19H15ClN4O2S. The molecule has 0 radical (unpaired) electrons. The molecule has 0 aliphatic rings. The predicted octanol–water partition coefficient (Wildman–Crippen LogP) is 4.50. The number of methoxy groups -OCH3 is 1. The fraction of sp³-hybridized carbons (Fsp3) is 0.105. The van der Waals surface area contributed by atoms with Crippen molar-refractivity contribution in [1.82, 2.24) is 15.0 Å². The lowest BCUT2D eigenvalue weighted by molar-refractivity contribution is -0.113. The number of fused-ring (bicyclic) bond motifs is 3. The molecule has 0 saturated heterocycles. The third-order valence-electron chi connectivity index (χ3n) is 4.00. The van der Waals surface area contributed by atoms with Crippen LogP contribution in [-0.2, 0) is 4.79 Å². The van der Waals surface area contributed by atoms with E-state index in [1.165, 1.54) is 18.1 Å². The standard InChI is InChI=1S/C19H15ClN4O2S/c1-26-13-5-6-15-14(8-13)17-18(24-15)19(22-10-21-17)27-9-16(25)23-12-4-2-3-11(20)7-12/h2-8,10,24H,9H2,1H3,(H,23,25). The molecule has 0 unspecified atom stereocenters. The molecule has 2 N–H and O–H groups in total. The number of carbonyl (C=O) groups excluding carboxylic acids is 1. The van der Waals surface area contributed by atoms with Crippen molar-refractivity contribution in [3.05, 3.63) is 53.8 Å². The number of amides is 1. The highest BCUT2D eigenvalue weighted by Crippen LogP contribution is 2.31. The summed E-state index contributed by atoms with van der Waals surface area (Å²) in [5.41, 5.74) is 3.22. The fourth-order valence-corrected chi connectivity index (χ4v) is 3.73. The number of rotatable bonds is 5. The van der Waals surface area contributed by atoms with Gasteiger partial charge in [0.1, 0.15) is 22.6 Å². The maximum Gasteiger partial charge on any atom is 0.234 e. The lowest BCUT2D eigenvalue weighted by Crippen LogP contribution is -2.14. The van der Waals surface area contributed by atoms with Gasteiger partial charge in [-0.25, -0.2) is 9.97 Å². The Bertz CT molecular complexity index is 1150. The predicted molar refractivity (Wildman–Crippen MR) is 109 cm³/mol. The lowest BCUT2D eigenvalue weighted by Gasteiger charge is -2.05. The number of nitrogens with zero attached hydrogens (tertiary/aromatic N) is 2. The SMILES string of the molecule is COc1ccc2[nH]c3c(SCC(=O)Nc4cccc(Cl)c4)ncnc3c2c1. The number of thioether (sulfide) groups is 1. The van der Waals surface area contributed by atoms with E-state index in [-0.39, 0.29) is 11.7 Å². The number of ether oxygens (including phenoxy) is 1. The first kappa shape index (κ1) is 17.6. The number of hydrogen-bond acceptors (Lipinski definition) is 5. The first-order valence-corrected chi connectivity index (χ1v) is 9.49. The van der Waals surface area contributed by atoms with Crippen LogP contribution in [0, 0.1) is 0 Å². The van der Waals surface area contributed by atoms with Crippen LogP contribution in [0.3, 0.4) is 0 Å². The molecule has 0 aliphatic heterocycles. The second-order valence-electron chi connectivity index (χ2n) is 5.79. The molecule has 4 rings (SSSR count). The first-order valence-electron chi connectivity index (χ1n) is 8.12. The Kier molecular flexibility index (Phi) is 4.87. The Labute approximate surface area is 164 Å². The summed E-state index contributed by atoms with van der Waals surface area (Å²) in [5.74, 6) is 0.848. The number of hydrogen-bond donors (Lipinski definition) is 2. The number of H-pyrrole nitrogens is 1. The minimum absolute atomic E-state index is 0.133.